The van der Waals surface area contributed by atoms with Gasteiger partial charge in [0.2, 0.25) is 0 Å². The molecule has 1 atom stereocenters. The smallest absolute Gasteiger partial charge is 0.0400 e. The van der Waals surface area contributed by atoms with Crippen LogP contribution in [0.25, 0.3) is 0 Å². The van der Waals surface area contributed by atoms with E-state index in [-0.39, 0.29) is 0 Å². The van der Waals surface area contributed by atoms with Gasteiger partial charge in [0, 0.05) is 42.2 Å². The third-order valence-electron chi connectivity index (χ3n) is 3.74. The van der Waals surface area contributed by atoms with Crippen LogP contribution in [-0.2, 0) is 0 Å². The number of aryl methyl sites for hydroxylation is 2. The lowest BCUT2D eigenvalue weighted by Crippen LogP contribution is -2.27. The van der Waals surface area contributed by atoms with Crippen LogP contribution in [-0.4, -0.2) is 35.1 Å². The number of hydrogen-bond acceptors (Lipinski definition) is 3. The Hall–Kier alpha value is -1.09. The fourth-order valence-electron chi connectivity index (χ4n) is 2.83. The van der Waals surface area contributed by atoms with Crippen molar-refractivity contribution in [3.05, 3.63) is 23.5 Å². The van der Waals surface area contributed by atoms with Crippen LogP contribution in [0.5, 0.6) is 0 Å². The minimum Gasteiger partial charge on any atom is -0.381 e. The molecule has 1 aliphatic heterocycles. The van der Waals surface area contributed by atoms with Gasteiger partial charge in [0.1, 0.15) is 0 Å². The highest BCUT2D eigenvalue weighted by molar-refractivity contribution is 5.46. The molecule has 92 valence electrons. The minimum atomic E-state index is 0.622. The summed E-state index contributed by atoms with van der Waals surface area (Å²) in [7, 11) is 0. The Balaban J connectivity index is 1.62. The molecular weight excluding hydrogens is 210 g/mol. The molecule has 17 heavy (non-hydrogen) atoms. The molecule has 0 amide bonds. The molecule has 0 spiro atoms. The number of nitrogens with zero attached hydrogens (tertiary/aromatic N) is 2. The van der Waals surface area contributed by atoms with E-state index in [4.69, 9.17) is 0 Å². The standard InChI is InChI=1S/C14H21N3/c1-10-7-13(8-11(2)15-10)16-12-5-6-17(9-12)14-3-4-14/h7-8,12,14H,3-6,9H2,1-2H3,(H,15,16). The SMILES string of the molecule is Cc1cc(NC2CCN(C3CC3)C2)cc(C)n1. The molecule has 2 heterocycles. The van der Waals surface area contributed by atoms with Gasteiger partial charge in [-0.05, 0) is 45.2 Å². The van der Waals surface area contributed by atoms with Crippen LogP contribution in [0.1, 0.15) is 30.7 Å². The first kappa shape index (κ1) is 11.0. The Bertz CT molecular complexity index is 392. The number of aromatic nitrogens is 1. The Kier molecular flexibility index (Phi) is 2.79. The highest BCUT2D eigenvalue weighted by Gasteiger charge is 2.34. The summed E-state index contributed by atoms with van der Waals surface area (Å²) < 4.78 is 0. The molecule has 1 aromatic rings. The molecule has 3 heteroatoms. The number of hydrogen-bond donors (Lipinski definition) is 1. The van der Waals surface area contributed by atoms with Crippen LogP contribution in [0.15, 0.2) is 12.1 Å². The van der Waals surface area contributed by atoms with Crippen molar-refractivity contribution in [3.8, 4) is 0 Å². The maximum absolute atomic E-state index is 4.41. The van der Waals surface area contributed by atoms with Gasteiger partial charge >= 0.3 is 0 Å². The quantitative estimate of drug-likeness (QED) is 0.865. The zero-order valence-electron chi connectivity index (χ0n) is 10.7. The van der Waals surface area contributed by atoms with Gasteiger partial charge in [-0.3, -0.25) is 9.88 Å². The zero-order valence-corrected chi connectivity index (χ0v) is 10.7. The molecule has 0 radical (unpaired) electrons. The molecule has 0 bridgehead atoms. The summed E-state index contributed by atoms with van der Waals surface area (Å²) in [4.78, 5) is 7.05. The topological polar surface area (TPSA) is 28.2 Å². The molecule has 2 aliphatic rings. The van der Waals surface area contributed by atoms with E-state index in [0.717, 1.165) is 17.4 Å². The highest BCUT2D eigenvalue weighted by atomic mass is 15.2. The summed E-state index contributed by atoms with van der Waals surface area (Å²) in [5.41, 5.74) is 3.44. The molecular formula is C14H21N3. The average molecular weight is 231 g/mol. The van der Waals surface area contributed by atoms with Crippen LogP contribution in [0, 0.1) is 13.8 Å². The minimum absolute atomic E-state index is 0.622. The predicted molar refractivity (Wildman–Crippen MR) is 70.3 cm³/mol. The van der Waals surface area contributed by atoms with E-state index in [1.165, 1.54) is 38.0 Å². The van der Waals surface area contributed by atoms with Crippen LogP contribution >= 0.6 is 0 Å². The monoisotopic (exact) mass is 231 g/mol. The summed E-state index contributed by atoms with van der Waals surface area (Å²) in [6.07, 6.45) is 4.11. The number of nitrogens with one attached hydrogen (secondary N) is 1. The van der Waals surface area contributed by atoms with Crippen molar-refractivity contribution >= 4 is 5.69 Å². The molecule has 1 aromatic heterocycles. The van der Waals surface area contributed by atoms with Gasteiger partial charge in [0.25, 0.3) is 0 Å². The van der Waals surface area contributed by atoms with Crippen LogP contribution in [0.2, 0.25) is 0 Å². The number of likely N-dealkylation sites (tertiary alicyclic amines) is 1. The van der Waals surface area contributed by atoms with Gasteiger partial charge < -0.3 is 5.32 Å². The van der Waals surface area contributed by atoms with E-state index in [9.17, 15) is 0 Å². The van der Waals surface area contributed by atoms with Crippen LogP contribution in [0.3, 0.4) is 0 Å². The first-order valence-electron chi connectivity index (χ1n) is 6.66. The van der Waals surface area contributed by atoms with Crippen LogP contribution in [0.4, 0.5) is 5.69 Å². The molecule has 0 aromatic carbocycles. The number of rotatable bonds is 3. The van der Waals surface area contributed by atoms with Crippen molar-refractivity contribution in [1.82, 2.24) is 9.88 Å². The van der Waals surface area contributed by atoms with E-state index in [0.29, 0.717) is 6.04 Å². The lowest BCUT2D eigenvalue weighted by molar-refractivity contribution is 0.326. The fourth-order valence-corrected chi connectivity index (χ4v) is 2.83. The second-order valence-electron chi connectivity index (χ2n) is 5.49. The van der Waals surface area contributed by atoms with E-state index in [1.54, 1.807) is 0 Å². The van der Waals surface area contributed by atoms with Gasteiger partial charge in [-0.15, -0.1) is 0 Å². The molecule has 1 saturated heterocycles. The van der Waals surface area contributed by atoms with Gasteiger partial charge in [-0.1, -0.05) is 0 Å². The third kappa shape index (κ3) is 2.60. The van der Waals surface area contributed by atoms with E-state index in [1.807, 2.05) is 0 Å². The second kappa shape index (κ2) is 4.30. The summed E-state index contributed by atoms with van der Waals surface area (Å²) in [5.74, 6) is 0. The van der Waals surface area contributed by atoms with Crippen molar-refractivity contribution in [1.29, 1.82) is 0 Å². The zero-order chi connectivity index (χ0) is 11.8. The van der Waals surface area contributed by atoms with E-state index < -0.39 is 0 Å². The molecule has 1 N–H and O–H groups in total. The van der Waals surface area contributed by atoms with Crippen molar-refractivity contribution in [2.75, 3.05) is 18.4 Å². The molecule has 3 rings (SSSR count). The lowest BCUT2D eigenvalue weighted by atomic mass is 10.2. The summed E-state index contributed by atoms with van der Waals surface area (Å²) in [6.45, 7) is 6.60. The van der Waals surface area contributed by atoms with E-state index in [2.05, 4.69) is 41.2 Å². The number of pyridine rings is 1. The predicted octanol–water partition coefficient (Wildman–Crippen LogP) is 2.35. The first-order valence-corrected chi connectivity index (χ1v) is 6.66. The molecule has 1 unspecified atom stereocenters. The highest BCUT2D eigenvalue weighted by Crippen LogP contribution is 2.30. The Morgan fingerprint density at radius 2 is 1.88 bits per heavy atom. The van der Waals surface area contributed by atoms with Gasteiger partial charge in [0.05, 0.1) is 0 Å². The number of anilines is 1. The van der Waals surface area contributed by atoms with Crippen molar-refractivity contribution < 1.29 is 0 Å². The van der Waals surface area contributed by atoms with Crippen molar-refractivity contribution in [2.45, 2.75) is 45.2 Å². The van der Waals surface area contributed by atoms with Crippen LogP contribution < -0.4 is 5.32 Å². The summed E-state index contributed by atoms with van der Waals surface area (Å²) in [5, 5.41) is 3.65. The largest absolute Gasteiger partial charge is 0.381 e. The normalized spacial score (nSPS) is 25.2. The van der Waals surface area contributed by atoms with Gasteiger partial charge in [-0.25, -0.2) is 0 Å². The fraction of sp³-hybridized carbons (Fsp3) is 0.643. The average Bonchev–Trinajstić information content (AvgIpc) is 2.99. The maximum atomic E-state index is 4.41. The van der Waals surface area contributed by atoms with Gasteiger partial charge in [-0.2, -0.15) is 0 Å². The van der Waals surface area contributed by atoms with Crippen molar-refractivity contribution in [2.24, 2.45) is 0 Å². The van der Waals surface area contributed by atoms with Gasteiger partial charge in [0.15, 0.2) is 0 Å². The molecule has 3 nitrogen and oxygen atoms in total. The molecule has 1 saturated carbocycles. The first-order chi connectivity index (χ1) is 8.20. The summed E-state index contributed by atoms with van der Waals surface area (Å²) >= 11 is 0. The third-order valence-corrected chi connectivity index (χ3v) is 3.74. The Morgan fingerprint density at radius 1 is 1.18 bits per heavy atom. The summed E-state index contributed by atoms with van der Waals surface area (Å²) in [6, 6.07) is 5.82. The van der Waals surface area contributed by atoms with Crippen molar-refractivity contribution in [3.63, 3.8) is 0 Å². The second-order valence-corrected chi connectivity index (χ2v) is 5.49. The lowest BCUT2D eigenvalue weighted by Gasteiger charge is -2.17. The van der Waals surface area contributed by atoms with E-state index >= 15 is 0 Å². The molecule has 1 aliphatic carbocycles. The maximum Gasteiger partial charge on any atom is 0.0400 e. The Labute approximate surface area is 103 Å². The molecule has 2 fully saturated rings. The Morgan fingerprint density at radius 3 is 2.53 bits per heavy atom.